The van der Waals surface area contributed by atoms with Crippen LogP contribution in [0.25, 0.3) is 0 Å². The fourth-order valence-electron chi connectivity index (χ4n) is 1.09. The Bertz CT molecular complexity index is 480. The molecule has 118 valence electrons. The summed E-state index contributed by atoms with van der Waals surface area (Å²) < 4.78 is 5.12. The molecule has 2 aromatic rings. The van der Waals surface area contributed by atoms with Gasteiger partial charge in [-0.15, -0.1) is 0 Å². The lowest BCUT2D eigenvalue weighted by Crippen LogP contribution is -2.06. The summed E-state index contributed by atoms with van der Waals surface area (Å²) in [5.41, 5.74) is 0. The van der Waals surface area contributed by atoms with E-state index in [0.717, 1.165) is 5.75 Å². The Morgan fingerprint density at radius 2 is 1.14 bits per heavy atom. The standard InChI is InChI=1S/C9H10O2.C6H6.C4H8O/c1-8(10)7-11-9-5-3-2-4-6-9;1-2-4-6-5-3-1;1-3-4(2)5/h2-6H,7H2,1H3;1-6H;3H2,1-2H3. The smallest absolute Gasteiger partial charge is 0.167 e. The molecule has 0 spiro atoms. The summed E-state index contributed by atoms with van der Waals surface area (Å²) >= 11 is 0. The Hall–Kier alpha value is -2.42. The quantitative estimate of drug-likeness (QED) is 0.844. The second-order valence-corrected chi connectivity index (χ2v) is 4.51. The van der Waals surface area contributed by atoms with Gasteiger partial charge in [-0.25, -0.2) is 0 Å². The molecule has 2 rings (SSSR count). The lowest BCUT2D eigenvalue weighted by molar-refractivity contribution is -0.119. The van der Waals surface area contributed by atoms with Gasteiger partial charge in [0.05, 0.1) is 0 Å². The van der Waals surface area contributed by atoms with E-state index in [0.29, 0.717) is 6.42 Å². The van der Waals surface area contributed by atoms with Gasteiger partial charge < -0.3 is 9.53 Å². The van der Waals surface area contributed by atoms with Crippen molar-refractivity contribution >= 4 is 11.6 Å². The average molecular weight is 300 g/mol. The monoisotopic (exact) mass is 300 g/mol. The number of para-hydroxylation sites is 1. The molecular formula is C19H24O3. The van der Waals surface area contributed by atoms with Crippen molar-refractivity contribution < 1.29 is 14.3 Å². The van der Waals surface area contributed by atoms with Crippen LogP contribution in [-0.2, 0) is 9.59 Å². The van der Waals surface area contributed by atoms with E-state index in [4.69, 9.17) is 4.74 Å². The molecule has 0 aliphatic heterocycles. The van der Waals surface area contributed by atoms with Crippen LogP contribution in [0.5, 0.6) is 5.75 Å². The molecule has 0 aliphatic carbocycles. The number of rotatable bonds is 4. The molecule has 3 nitrogen and oxygen atoms in total. The number of carbonyl (C=O) groups is 2. The number of ketones is 2. The van der Waals surface area contributed by atoms with Crippen LogP contribution < -0.4 is 4.74 Å². The van der Waals surface area contributed by atoms with Gasteiger partial charge in [0.2, 0.25) is 0 Å². The zero-order valence-electron chi connectivity index (χ0n) is 13.5. The molecule has 0 saturated heterocycles. The minimum absolute atomic E-state index is 0.0360. The first-order chi connectivity index (χ1) is 10.6. The first kappa shape index (κ1) is 19.6. The molecule has 0 N–H and O–H groups in total. The topological polar surface area (TPSA) is 43.4 Å². The van der Waals surface area contributed by atoms with Crippen molar-refractivity contribution in [1.29, 1.82) is 0 Å². The third-order valence-electron chi connectivity index (χ3n) is 2.35. The molecular weight excluding hydrogens is 276 g/mol. The normalized spacial score (nSPS) is 8.50. The number of benzene rings is 2. The van der Waals surface area contributed by atoms with E-state index in [1.165, 1.54) is 6.92 Å². The zero-order chi connectivity index (χ0) is 16.6. The van der Waals surface area contributed by atoms with Crippen LogP contribution in [0.15, 0.2) is 66.7 Å². The van der Waals surface area contributed by atoms with Crippen LogP contribution in [0.2, 0.25) is 0 Å². The molecule has 22 heavy (non-hydrogen) atoms. The van der Waals surface area contributed by atoms with Crippen molar-refractivity contribution in [1.82, 2.24) is 0 Å². The summed E-state index contributed by atoms with van der Waals surface area (Å²) in [4.78, 5) is 20.3. The Morgan fingerprint density at radius 3 is 1.45 bits per heavy atom. The Kier molecular flexibility index (Phi) is 12.1. The molecule has 0 bridgehead atoms. The van der Waals surface area contributed by atoms with Gasteiger partial charge in [0.25, 0.3) is 0 Å². The summed E-state index contributed by atoms with van der Waals surface area (Å²) in [5.74, 6) is 1.03. The van der Waals surface area contributed by atoms with Gasteiger partial charge in [-0.05, 0) is 26.0 Å². The number of hydrogen-bond donors (Lipinski definition) is 0. The van der Waals surface area contributed by atoms with Crippen molar-refractivity contribution in [2.24, 2.45) is 0 Å². The lowest BCUT2D eigenvalue weighted by atomic mass is 10.3. The largest absolute Gasteiger partial charge is 0.486 e. The van der Waals surface area contributed by atoms with Gasteiger partial charge in [0.1, 0.15) is 18.1 Å². The van der Waals surface area contributed by atoms with E-state index in [9.17, 15) is 9.59 Å². The molecule has 0 aliphatic rings. The lowest BCUT2D eigenvalue weighted by Gasteiger charge is -2.01. The van der Waals surface area contributed by atoms with Crippen molar-refractivity contribution in [3.8, 4) is 5.75 Å². The van der Waals surface area contributed by atoms with Crippen LogP contribution in [0.1, 0.15) is 27.2 Å². The van der Waals surface area contributed by atoms with E-state index in [1.807, 2.05) is 73.7 Å². The van der Waals surface area contributed by atoms with E-state index < -0.39 is 0 Å². The first-order valence-electron chi connectivity index (χ1n) is 7.23. The first-order valence-corrected chi connectivity index (χ1v) is 7.23. The van der Waals surface area contributed by atoms with E-state index in [2.05, 4.69) is 0 Å². The van der Waals surface area contributed by atoms with Crippen LogP contribution in [0.4, 0.5) is 0 Å². The van der Waals surface area contributed by atoms with Crippen LogP contribution in [0, 0.1) is 0 Å². The maximum atomic E-state index is 10.5. The highest BCUT2D eigenvalue weighted by Gasteiger charge is 1.93. The SMILES string of the molecule is CC(=O)COc1ccccc1.CCC(C)=O.c1ccccc1. The number of ether oxygens (including phenoxy) is 1. The number of Topliss-reactive ketones (excluding diaryl/α,β-unsaturated/α-hetero) is 2. The molecule has 0 saturated carbocycles. The van der Waals surface area contributed by atoms with E-state index in [1.54, 1.807) is 6.92 Å². The summed E-state index contributed by atoms with van der Waals surface area (Å²) in [6.45, 7) is 5.09. The Balaban J connectivity index is 0.000000338. The highest BCUT2D eigenvalue weighted by molar-refractivity contribution is 5.77. The van der Waals surface area contributed by atoms with Crippen molar-refractivity contribution in [3.05, 3.63) is 66.7 Å². The fraction of sp³-hybridized carbons (Fsp3) is 0.263. The highest BCUT2D eigenvalue weighted by Crippen LogP contribution is 2.07. The molecule has 0 amide bonds. The molecule has 0 radical (unpaired) electrons. The number of carbonyl (C=O) groups excluding carboxylic acids is 2. The molecule has 2 aromatic carbocycles. The zero-order valence-corrected chi connectivity index (χ0v) is 13.5. The Morgan fingerprint density at radius 1 is 0.773 bits per heavy atom. The summed E-state index contributed by atoms with van der Waals surface area (Å²) in [5, 5.41) is 0. The fourth-order valence-corrected chi connectivity index (χ4v) is 1.09. The minimum atomic E-state index is 0.0360. The molecule has 3 heteroatoms. The molecule has 0 unspecified atom stereocenters. The maximum Gasteiger partial charge on any atom is 0.167 e. The average Bonchev–Trinajstić information content (AvgIpc) is 2.56. The highest BCUT2D eigenvalue weighted by atomic mass is 16.5. The molecule has 0 fully saturated rings. The molecule has 0 atom stereocenters. The van der Waals surface area contributed by atoms with Crippen molar-refractivity contribution in [3.63, 3.8) is 0 Å². The van der Waals surface area contributed by atoms with Crippen LogP contribution in [-0.4, -0.2) is 18.2 Å². The maximum absolute atomic E-state index is 10.5. The second-order valence-electron chi connectivity index (χ2n) is 4.51. The Labute approximate surface area is 132 Å². The van der Waals surface area contributed by atoms with Gasteiger partial charge in [0, 0.05) is 6.42 Å². The van der Waals surface area contributed by atoms with Crippen molar-refractivity contribution in [2.45, 2.75) is 27.2 Å². The van der Waals surface area contributed by atoms with Gasteiger partial charge in [-0.1, -0.05) is 61.5 Å². The summed E-state index contributed by atoms with van der Waals surface area (Å²) in [6.07, 6.45) is 0.667. The van der Waals surface area contributed by atoms with E-state index >= 15 is 0 Å². The third kappa shape index (κ3) is 14.0. The molecule has 0 aromatic heterocycles. The van der Waals surface area contributed by atoms with Gasteiger partial charge in [0.15, 0.2) is 5.78 Å². The predicted octanol–water partition coefficient (Wildman–Crippen LogP) is 4.33. The summed E-state index contributed by atoms with van der Waals surface area (Å²) in [7, 11) is 0. The summed E-state index contributed by atoms with van der Waals surface area (Å²) in [6, 6.07) is 21.3. The van der Waals surface area contributed by atoms with Gasteiger partial charge in [-0.3, -0.25) is 4.79 Å². The van der Waals surface area contributed by atoms with E-state index in [-0.39, 0.29) is 18.2 Å². The molecule has 0 heterocycles. The minimum Gasteiger partial charge on any atom is -0.486 e. The van der Waals surface area contributed by atoms with Gasteiger partial charge >= 0.3 is 0 Å². The van der Waals surface area contributed by atoms with Crippen LogP contribution in [0.3, 0.4) is 0 Å². The van der Waals surface area contributed by atoms with Crippen molar-refractivity contribution in [2.75, 3.05) is 6.61 Å². The van der Waals surface area contributed by atoms with Crippen LogP contribution >= 0.6 is 0 Å². The second kappa shape index (κ2) is 13.6. The number of hydrogen-bond acceptors (Lipinski definition) is 3. The predicted molar refractivity (Wildman–Crippen MR) is 90.0 cm³/mol. The van der Waals surface area contributed by atoms with Gasteiger partial charge in [-0.2, -0.15) is 0 Å². The third-order valence-corrected chi connectivity index (χ3v) is 2.35.